The van der Waals surface area contributed by atoms with Crippen molar-refractivity contribution in [3.8, 4) is 5.75 Å². The first kappa shape index (κ1) is 10.7. The molecule has 0 saturated carbocycles. The summed E-state index contributed by atoms with van der Waals surface area (Å²) in [5, 5.41) is 23.4. The molecular weight excluding hydrogens is 154 g/mol. The molecule has 0 aromatic heterocycles. The molecule has 0 atom stereocenters. The van der Waals surface area contributed by atoms with Gasteiger partial charge in [0.2, 0.25) is 0 Å². The van der Waals surface area contributed by atoms with Gasteiger partial charge in [-0.15, -0.1) is 0 Å². The van der Waals surface area contributed by atoms with E-state index in [2.05, 4.69) is 0 Å². The molecule has 0 aliphatic carbocycles. The first-order valence-corrected chi connectivity index (χ1v) is 3.50. The number of aliphatic hydroxyl groups excluding tert-OH is 1. The molecule has 0 unspecified atom stereocenters. The SMILES string of the molecule is CC(=N)c1ccccc1O.CO. The Bertz CT molecular complexity index is 258. The van der Waals surface area contributed by atoms with Gasteiger partial charge in [-0.1, -0.05) is 12.1 Å². The molecule has 1 aromatic rings. The molecule has 0 aliphatic rings. The van der Waals surface area contributed by atoms with E-state index in [9.17, 15) is 0 Å². The maximum Gasteiger partial charge on any atom is 0.124 e. The third-order valence-electron chi connectivity index (χ3n) is 1.31. The minimum Gasteiger partial charge on any atom is -0.507 e. The van der Waals surface area contributed by atoms with E-state index in [0.717, 1.165) is 7.11 Å². The molecule has 3 nitrogen and oxygen atoms in total. The van der Waals surface area contributed by atoms with Gasteiger partial charge in [-0.25, -0.2) is 0 Å². The summed E-state index contributed by atoms with van der Waals surface area (Å²) in [5.74, 6) is 0.176. The van der Waals surface area contributed by atoms with Crippen molar-refractivity contribution in [2.24, 2.45) is 0 Å². The summed E-state index contributed by atoms with van der Waals surface area (Å²) in [4.78, 5) is 0. The van der Waals surface area contributed by atoms with E-state index in [1.807, 2.05) is 0 Å². The lowest BCUT2D eigenvalue weighted by atomic mass is 10.1. The van der Waals surface area contributed by atoms with Crippen LogP contribution in [0, 0.1) is 5.41 Å². The predicted molar refractivity (Wildman–Crippen MR) is 48.8 cm³/mol. The fourth-order valence-corrected chi connectivity index (χ4v) is 0.791. The largest absolute Gasteiger partial charge is 0.507 e. The molecule has 0 radical (unpaired) electrons. The minimum absolute atomic E-state index is 0.176. The Balaban J connectivity index is 0.000000561. The van der Waals surface area contributed by atoms with Gasteiger partial charge in [0.05, 0.1) is 0 Å². The van der Waals surface area contributed by atoms with Crippen LogP contribution in [0.2, 0.25) is 0 Å². The third kappa shape index (κ3) is 2.72. The summed E-state index contributed by atoms with van der Waals surface area (Å²) in [6, 6.07) is 6.83. The molecule has 0 spiro atoms. The zero-order valence-corrected chi connectivity index (χ0v) is 7.20. The number of aromatic hydroxyl groups is 1. The fourth-order valence-electron chi connectivity index (χ4n) is 0.791. The van der Waals surface area contributed by atoms with Crippen molar-refractivity contribution in [1.29, 1.82) is 5.41 Å². The first-order valence-electron chi connectivity index (χ1n) is 3.50. The van der Waals surface area contributed by atoms with Crippen LogP contribution < -0.4 is 0 Å². The highest BCUT2D eigenvalue weighted by Crippen LogP contribution is 2.15. The van der Waals surface area contributed by atoms with Gasteiger partial charge in [0, 0.05) is 18.4 Å². The van der Waals surface area contributed by atoms with Crippen LogP contribution in [0.4, 0.5) is 0 Å². The van der Waals surface area contributed by atoms with Crippen LogP contribution in [0.25, 0.3) is 0 Å². The Labute approximate surface area is 71.8 Å². The van der Waals surface area contributed by atoms with Crippen molar-refractivity contribution in [2.75, 3.05) is 7.11 Å². The number of aliphatic hydroxyl groups is 1. The molecule has 0 bridgehead atoms. The smallest absolute Gasteiger partial charge is 0.124 e. The van der Waals surface area contributed by atoms with Gasteiger partial charge in [0.15, 0.2) is 0 Å². The van der Waals surface area contributed by atoms with Crippen LogP contribution in [-0.4, -0.2) is 23.0 Å². The molecule has 3 heteroatoms. The number of para-hydroxylation sites is 1. The Morgan fingerprint density at radius 2 is 1.75 bits per heavy atom. The predicted octanol–water partition coefficient (Wildman–Crippen LogP) is 1.39. The lowest BCUT2D eigenvalue weighted by Gasteiger charge is -1.98. The summed E-state index contributed by atoms with van der Waals surface area (Å²) in [6.45, 7) is 1.65. The number of benzene rings is 1. The standard InChI is InChI=1S/C8H9NO.CH4O/c1-6(9)7-4-2-3-5-8(7)10;1-2/h2-5,9-10H,1H3;2H,1H3. The Morgan fingerprint density at radius 3 is 2.08 bits per heavy atom. The van der Waals surface area contributed by atoms with Gasteiger partial charge in [-0.3, -0.25) is 0 Å². The van der Waals surface area contributed by atoms with Crippen LogP contribution in [0.5, 0.6) is 5.75 Å². The van der Waals surface area contributed by atoms with Crippen LogP contribution in [0.3, 0.4) is 0 Å². The molecule has 0 amide bonds. The molecule has 0 aliphatic heterocycles. The molecule has 66 valence electrons. The minimum atomic E-state index is 0.176. The van der Waals surface area contributed by atoms with E-state index < -0.39 is 0 Å². The maximum absolute atomic E-state index is 9.14. The molecule has 12 heavy (non-hydrogen) atoms. The normalized spacial score (nSPS) is 8.25. The first-order chi connectivity index (χ1) is 5.72. The van der Waals surface area contributed by atoms with E-state index in [1.165, 1.54) is 0 Å². The van der Waals surface area contributed by atoms with Gasteiger partial charge in [-0.05, 0) is 19.1 Å². The van der Waals surface area contributed by atoms with E-state index in [0.29, 0.717) is 11.3 Å². The lowest BCUT2D eigenvalue weighted by Crippen LogP contribution is -1.90. The number of nitrogens with one attached hydrogen (secondary N) is 1. The van der Waals surface area contributed by atoms with Crippen molar-refractivity contribution in [3.63, 3.8) is 0 Å². The topological polar surface area (TPSA) is 64.3 Å². The molecule has 0 fully saturated rings. The highest BCUT2D eigenvalue weighted by Gasteiger charge is 1.98. The van der Waals surface area contributed by atoms with Crippen molar-refractivity contribution >= 4 is 5.71 Å². The van der Waals surface area contributed by atoms with E-state index >= 15 is 0 Å². The zero-order valence-electron chi connectivity index (χ0n) is 7.20. The monoisotopic (exact) mass is 167 g/mol. The molecule has 1 aromatic carbocycles. The molecule has 3 N–H and O–H groups in total. The Kier molecular flexibility index (Phi) is 4.72. The average Bonchev–Trinajstić information content (AvgIpc) is 2.08. The van der Waals surface area contributed by atoms with E-state index in [1.54, 1.807) is 31.2 Å². The number of hydrogen-bond acceptors (Lipinski definition) is 3. The third-order valence-corrected chi connectivity index (χ3v) is 1.31. The lowest BCUT2D eigenvalue weighted by molar-refractivity contribution is 0.399. The van der Waals surface area contributed by atoms with Gasteiger partial charge < -0.3 is 15.6 Å². The van der Waals surface area contributed by atoms with Crippen molar-refractivity contribution in [3.05, 3.63) is 29.8 Å². The van der Waals surface area contributed by atoms with Gasteiger partial charge in [-0.2, -0.15) is 0 Å². The summed E-state index contributed by atoms with van der Waals surface area (Å²) in [5.41, 5.74) is 0.987. The Morgan fingerprint density at radius 1 is 1.25 bits per heavy atom. The van der Waals surface area contributed by atoms with Gasteiger partial charge in [0.25, 0.3) is 0 Å². The quantitative estimate of drug-likeness (QED) is 0.553. The zero-order chi connectivity index (χ0) is 9.56. The molecular formula is C9H13NO2. The number of phenols is 1. The molecule has 0 saturated heterocycles. The van der Waals surface area contributed by atoms with Crippen LogP contribution in [0.1, 0.15) is 12.5 Å². The highest BCUT2D eigenvalue weighted by atomic mass is 16.3. The van der Waals surface area contributed by atoms with Gasteiger partial charge >= 0.3 is 0 Å². The van der Waals surface area contributed by atoms with Crippen LogP contribution >= 0.6 is 0 Å². The van der Waals surface area contributed by atoms with Crippen molar-refractivity contribution < 1.29 is 10.2 Å². The molecule has 0 heterocycles. The van der Waals surface area contributed by atoms with Crippen LogP contribution in [-0.2, 0) is 0 Å². The Hall–Kier alpha value is -1.35. The van der Waals surface area contributed by atoms with E-state index in [-0.39, 0.29) is 5.75 Å². The second kappa shape index (κ2) is 5.32. The molecule has 1 rings (SSSR count). The second-order valence-corrected chi connectivity index (χ2v) is 2.14. The summed E-state index contributed by atoms with van der Waals surface area (Å²) in [7, 11) is 1.00. The number of hydrogen-bond donors (Lipinski definition) is 3. The fraction of sp³-hybridized carbons (Fsp3) is 0.222. The van der Waals surface area contributed by atoms with E-state index in [4.69, 9.17) is 15.6 Å². The number of phenolic OH excluding ortho intramolecular Hbond substituents is 1. The maximum atomic E-state index is 9.14. The summed E-state index contributed by atoms with van der Waals surface area (Å²) < 4.78 is 0. The summed E-state index contributed by atoms with van der Waals surface area (Å²) >= 11 is 0. The number of rotatable bonds is 1. The van der Waals surface area contributed by atoms with Gasteiger partial charge in [0.1, 0.15) is 5.75 Å². The second-order valence-electron chi connectivity index (χ2n) is 2.14. The van der Waals surface area contributed by atoms with Crippen molar-refractivity contribution in [1.82, 2.24) is 0 Å². The average molecular weight is 167 g/mol. The van der Waals surface area contributed by atoms with Crippen molar-refractivity contribution in [2.45, 2.75) is 6.92 Å². The highest BCUT2D eigenvalue weighted by molar-refractivity contribution is 5.98. The summed E-state index contributed by atoms with van der Waals surface area (Å²) in [6.07, 6.45) is 0. The van der Waals surface area contributed by atoms with Crippen LogP contribution in [0.15, 0.2) is 24.3 Å².